The maximum absolute atomic E-state index is 13.5. The van der Waals surface area contributed by atoms with Crippen molar-refractivity contribution in [3.05, 3.63) is 41.7 Å². The molecule has 1 aromatic heterocycles. The summed E-state index contributed by atoms with van der Waals surface area (Å²) in [4.78, 5) is 64.2. The van der Waals surface area contributed by atoms with Crippen LogP contribution >= 0.6 is 0 Å². The van der Waals surface area contributed by atoms with E-state index in [2.05, 4.69) is 41.9 Å². The fraction of sp³-hybridized carbons (Fsp3) is 0.556. The Morgan fingerprint density at radius 2 is 1.57 bits per heavy atom. The van der Waals surface area contributed by atoms with Crippen molar-refractivity contribution >= 4 is 39.6 Å². The number of sulfonamides is 1. The van der Waals surface area contributed by atoms with Gasteiger partial charge in [0.15, 0.2) is 6.10 Å². The van der Waals surface area contributed by atoms with Gasteiger partial charge in [0.2, 0.25) is 17.7 Å². The number of tetrazole rings is 1. The average Bonchev–Trinajstić information content (AvgIpc) is 3.56. The summed E-state index contributed by atoms with van der Waals surface area (Å²) in [7, 11) is -6.18. The van der Waals surface area contributed by atoms with Crippen LogP contribution < -0.4 is 31.7 Å². The zero-order valence-electron chi connectivity index (χ0n) is 26.8. The van der Waals surface area contributed by atoms with Crippen LogP contribution in [0.4, 0.5) is 13.2 Å². The number of nitrogens with zero attached hydrogens (tertiary/aromatic N) is 3. The molecule has 0 fully saturated rings. The van der Waals surface area contributed by atoms with Crippen LogP contribution in [-0.4, -0.2) is 106 Å². The molecule has 0 radical (unpaired) electrons. The second-order valence-corrected chi connectivity index (χ2v) is 13.3. The van der Waals surface area contributed by atoms with Gasteiger partial charge in [0.05, 0.1) is 6.04 Å². The van der Waals surface area contributed by atoms with E-state index in [1.165, 1.54) is 12.1 Å². The number of benzene rings is 1. The van der Waals surface area contributed by atoms with Crippen molar-refractivity contribution in [2.45, 2.75) is 76.3 Å². The van der Waals surface area contributed by atoms with E-state index in [4.69, 9.17) is 5.73 Å². The molecule has 2 aromatic rings. The smallest absolute Gasteiger partial charge is 0.381 e. The number of aliphatic hydroxyl groups excluding tert-OH is 1. The molecule has 0 spiro atoms. The number of carbonyl (C=O) groups excluding carboxylic acids is 5. The maximum atomic E-state index is 13.5. The number of amides is 5. The lowest BCUT2D eigenvalue weighted by molar-refractivity contribution is -0.135. The van der Waals surface area contributed by atoms with Gasteiger partial charge in [-0.3, -0.25) is 24.0 Å². The maximum Gasteiger partial charge on any atom is 0.516 e. The van der Waals surface area contributed by atoms with Gasteiger partial charge in [-0.2, -0.15) is 26.8 Å². The van der Waals surface area contributed by atoms with E-state index in [1.54, 1.807) is 45.9 Å². The number of aliphatic hydroxyl groups is 1. The third-order valence-electron chi connectivity index (χ3n) is 6.77. The van der Waals surface area contributed by atoms with E-state index >= 15 is 0 Å². The molecular weight excluding hydrogens is 681 g/mol. The van der Waals surface area contributed by atoms with Gasteiger partial charge in [-0.25, -0.2) is 4.72 Å². The third-order valence-corrected chi connectivity index (χ3v) is 7.85. The summed E-state index contributed by atoms with van der Waals surface area (Å²) >= 11 is 0. The van der Waals surface area contributed by atoms with Crippen LogP contribution in [0.2, 0.25) is 0 Å². The first-order chi connectivity index (χ1) is 22.7. The number of rotatable bonds is 17. The van der Waals surface area contributed by atoms with Gasteiger partial charge < -0.3 is 32.1 Å². The SMILES string of the molecule is CC(C)C[C@H](NC(=O)C(NC(=O)[C@@H](N)CNC(=O)c1nn[nH]n1)C(C)C)C(=O)N[C@@H](Cc1ccccc1)[C@@H](O)C(=O)NS(=O)(=O)C(F)(F)F. The number of carbonyl (C=O) groups is 5. The van der Waals surface area contributed by atoms with Gasteiger partial charge in [-0.05, 0) is 35.5 Å². The lowest BCUT2D eigenvalue weighted by Gasteiger charge is -2.29. The van der Waals surface area contributed by atoms with Crippen LogP contribution in [0.3, 0.4) is 0 Å². The topological polar surface area (TPSA) is 280 Å². The average molecular weight is 721 g/mol. The predicted octanol–water partition coefficient (Wildman–Crippen LogP) is -2.02. The van der Waals surface area contributed by atoms with Crippen molar-refractivity contribution < 1.29 is 50.7 Å². The molecule has 272 valence electrons. The number of nitrogens with two attached hydrogens (primary N) is 1. The minimum Gasteiger partial charge on any atom is -0.381 e. The minimum atomic E-state index is -6.18. The van der Waals surface area contributed by atoms with Gasteiger partial charge in [0, 0.05) is 6.54 Å². The Morgan fingerprint density at radius 1 is 0.939 bits per heavy atom. The molecule has 18 nitrogen and oxygen atoms in total. The fourth-order valence-corrected chi connectivity index (χ4v) is 4.72. The normalized spacial score (nSPS) is 15.0. The first kappa shape index (κ1) is 40.5. The van der Waals surface area contributed by atoms with E-state index in [9.17, 15) is 50.7 Å². The van der Waals surface area contributed by atoms with Crippen molar-refractivity contribution in [1.82, 2.24) is 46.6 Å². The number of hydrogen-bond acceptors (Lipinski definition) is 12. The Hall–Kier alpha value is -4.70. The molecular formula is C27H39F3N10O8S. The highest BCUT2D eigenvalue weighted by Gasteiger charge is 2.48. The summed E-state index contributed by atoms with van der Waals surface area (Å²) in [5, 5.41) is 32.6. The number of H-pyrrole nitrogens is 1. The van der Waals surface area contributed by atoms with Crippen molar-refractivity contribution in [2.24, 2.45) is 17.6 Å². The molecule has 5 atom stereocenters. The van der Waals surface area contributed by atoms with Crippen LogP contribution in [0, 0.1) is 11.8 Å². The molecule has 0 saturated carbocycles. The molecule has 1 heterocycles. The second kappa shape index (κ2) is 17.6. The fourth-order valence-electron chi connectivity index (χ4n) is 4.22. The molecule has 0 aliphatic heterocycles. The van der Waals surface area contributed by atoms with Crippen LogP contribution in [-0.2, 0) is 35.6 Å². The monoisotopic (exact) mass is 720 g/mol. The lowest BCUT2D eigenvalue weighted by Crippen LogP contribution is -2.60. The van der Waals surface area contributed by atoms with Gasteiger partial charge in [0.25, 0.3) is 17.6 Å². The van der Waals surface area contributed by atoms with Crippen LogP contribution in [0.1, 0.15) is 50.3 Å². The molecule has 1 aromatic carbocycles. The van der Waals surface area contributed by atoms with E-state index in [0.717, 1.165) is 4.72 Å². The minimum absolute atomic E-state index is 0.0131. The Labute approximate surface area is 279 Å². The highest BCUT2D eigenvalue weighted by atomic mass is 32.2. The molecule has 0 aliphatic rings. The third kappa shape index (κ3) is 12.4. The zero-order chi connectivity index (χ0) is 37.1. The highest BCUT2D eigenvalue weighted by molar-refractivity contribution is 7.90. The largest absolute Gasteiger partial charge is 0.516 e. The van der Waals surface area contributed by atoms with Crippen molar-refractivity contribution in [2.75, 3.05) is 6.54 Å². The molecule has 0 saturated heterocycles. The first-order valence-corrected chi connectivity index (χ1v) is 16.2. The summed E-state index contributed by atoms with van der Waals surface area (Å²) in [6.45, 7) is 6.23. The molecule has 22 heteroatoms. The number of alkyl halides is 3. The first-order valence-electron chi connectivity index (χ1n) is 14.8. The summed E-state index contributed by atoms with van der Waals surface area (Å²) in [6.07, 6.45) is -2.83. The van der Waals surface area contributed by atoms with Crippen LogP contribution in [0.25, 0.3) is 0 Å². The molecule has 9 N–H and O–H groups in total. The van der Waals surface area contributed by atoms with Crippen LogP contribution in [0.5, 0.6) is 0 Å². The molecule has 5 amide bonds. The Balaban J connectivity index is 2.22. The van der Waals surface area contributed by atoms with E-state index in [1.807, 2.05) is 0 Å². The lowest BCUT2D eigenvalue weighted by atomic mass is 9.97. The number of nitrogens with one attached hydrogen (secondary N) is 6. The van der Waals surface area contributed by atoms with E-state index < -0.39 is 81.3 Å². The summed E-state index contributed by atoms with van der Waals surface area (Å²) in [5.41, 5.74) is 0.426. The van der Waals surface area contributed by atoms with Gasteiger partial charge in [-0.15, -0.1) is 10.2 Å². The molecule has 2 rings (SSSR count). The summed E-state index contributed by atoms with van der Waals surface area (Å²) < 4.78 is 62.4. The zero-order valence-corrected chi connectivity index (χ0v) is 27.6. The molecule has 0 bridgehead atoms. The highest BCUT2D eigenvalue weighted by Crippen LogP contribution is 2.22. The van der Waals surface area contributed by atoms with Crippen molar-refractivity contribution in [1.29, 1.82) is 0 Å². The number of hydrogen-bond donors (Lipinski definition) is 8. The molecule has 49 heavy (non-hydrogen) atoms. The standard InChI is InChI=1S/C27H39F3N10O8S/c1-13(2)10-18(34-24(44)19(14(3)4)35-22(42)16(31)12-32-26(46)21-36-39-40-37-21)23(43)33-17(11-15-8-6-5-7-9-15)20(41)25(45)38-49(47,48)27(28,29)30/h5-9,13-14,16-20,41H,10-12,31H2,1-4H3,(H,32,46)(H,33,43)(H,34,44)(H,35,42)(H,38,45)(H,36,37,39,40)/t16-,17-,18-,19?,20+/m0/s1. The molecule has 1 unspecified atom stereocenters. The van der Waals surface area contributed by atoms with Crippen molar-refractivity contribution in [3.8, 4) is 0 Å². The van der Waals surface area contributed by atoms with Gasteiger partial charge in [-0.1, -0.05) is 58.0 Å². The summed E-state index contributed by atoms with van der Waals surface area (Å²) in [6, 6.07) is 2.24. The number of aromatic nitrogens is 4. The Kier molecular flexibility index (Phi) is 14.6. The second-order valence-electron chi connectivity index (χ2n) is 11.6. The number of aromatic amines is 1. The van der Waals surface area contributed by atoms with Gasteiger partial charge in [0.1, 0.15) is 18.1 Å². The van der Waals surface area contributed by atoms with Gasteiger partial charge >= 0.3 is 15.5 Å². The quantitative estimate of drug-likeness (QED) is 0.0880. The Morgan fingerprint density at radius 3 is 2.10 bits per heavy atom. The van der Waals surface area contributed by atoms with E-state index in [0.29, 0.717) is 5.56 Å². The summed E-state index contributed by atoms with van der Waals surface area (Å²) in [5.74, 6) is -6.45. The van der Waals surface area contributed by atoms with Crippen molar-refractivity contribution in [3.63, 3.8) is 0 Å². The number of halogens is 3. The Bertz CT molecular complexity index is 1540. The predicted molar refractivity (Wildman–Crippen MR) is 164 cm³/mol. The van der Waals surface area contributed by atoms with Crippen LogP contribution in [0.15, 0.2) is 30.3 Å². The molecule has 0 aliphatic carbocycles. The van der Waals surface area contributed by atoms with E-state index in [-0.39, 0.29) is 31.1 Å².